The van der Waals surface area contributed by atoms with E-state index < -0.39 is 0 Å². The Balaban J connectivity index is 1.54. The largest absolute Gasteiger partial charge is 0.379 e. The minimum Gasteiger partial charge on any atom is -0.379 e. The summed E-state index contributed by atoms with van der Waals surface area (Å²) in [5.41, 5.74) is 5.69. The first-order chi connectivity index (χ1) is 9.78. The van der Waals surface area contributed by atoms with Gasteiger partial charge in [0.05, 0.1) is 13.2 Å². The van der Waals surface area contributed by atoms with Gasteiger partial charge in [-0.15, -0.1) is 0 Å². The molecule has 0 radical (unpaired) electrons. The number of nitrogens with one attached hydrogen (secondary N) is 1. The number of nitrogens with zero attached hydrogens (tertiary/aromatic N) is 1. The van der Waals surface area contributed by atoms with E-state index in [-0.39, 0.29) is 5.91 Å². The van der Waals surface area contributed by atoms with Gasteiger partial charge in [0.15, 0.2) is 0 Å². The molecule has 2 fully saturated rings. The highest BCUT2D eigenvalue weighted by Gasteiger charge is 2.22. The lowest BCUT2D eigenvalue weighted by molar-refractivity contribution is -0.122. The SMILES string of the molecule is NCC1CCC(CC(=O)NCCN2CCOCC2)CC1. The molecule has 1 aliphatic heterocycles. The quantitative estimate of drug-likeness (QED) is 0.749. The maximum Gasteiger partial charge on any atom is 0.220 e. The Morgan fingerprint density at radius 1 is 1.15 bits per heavy atom. The fourth-order valence-electron chi connectivity index (χ4n) is 3.18. The van der Waals surface area contributed by atoms with Gasteiger partial charge in [-0.25, -0.2) is 0 Å². The molecule has 5 nitrogen and oxygen atoms in total. The summed E-state index contributed by atoms with van der Waals surface area (Å²) in [5.74, 6) is 1.48. The fraction of sp³-hybridized carbons (Fsp3) is 0.933. The van der Waals surface area contributed by atoms with Crippen LogP contribution < -0.4 is 11.1 Å². The molecule has 0 aromatic rings. The van der Waals surface area contributed by atoms with Crippen LogP contribution in [0.2, 0.25) is 0 Å². The van der Waals surface area contributed by atoms with Crippen molar-refractivity contribution in [3.8, 4) is 0 Å². The molecule has 0 aromatic carbocycles. The van der Waals surface area contributed by atoms with Gasteiger partial charge in [0, 0.05) is 32.6 Å². The van der Waals surface area contributed by atoms with Crippen LogP contribution in [0.15, 0.2) is 0 Å². The number of morpholine rings is 1. The number of rotatable bonds is 6. The van der Waals surface area contributed by atoms with Crippen LogP contribution in [0, 0.1) is 11.8 Å². The topological polar surface area (TPSA) is 67.6 Å². The molecule has 0 aromatic heterocycles. The molecule has 2 rings (SSSR count). The van der Waals surface area contributed by atoms with Crippen molar-refractivity contribution in [3.63, 3.8) is 0 Å². The number of hydrogen-bond acceptors (Lipinski definition) is 4. The zero-order chi connectivity index (χ0) is 14.2. The smallest absolute Gasteiger partial charge is 0.220 e. The summed E-state index contributed by atoms with van der Waals surface area (Å²) >= 11 is 0. The summed E-state index contributed by atoms with van der Waals surface area (Å²) in [4.78, 5) is 14.3. The molecule has 2 aliphatic rings. The van der Waals surface area contributed by atoms with E-state index in [0.29, 0.717) is 18.3 Å². The molecule has 0 unspecified atom stereocenters. The standard InChI is InChI=1S/C15H29N3O2/c16-12-14-3-1-13(2-4-14)11-15(19)17-5-6-18-7-9-20-10-8-18/h13-14H,1-12,16H2,(H,17,19). The van der Waals surface area contributed by atoms with Crippen molar-refractivity contribution in [1.82, 2.24) is 10.2 Å². The minimum atomic E-state index is 0.217. The summed E-state index contributed by atoms with van der Waals surface area (Å²) in [7, 11) is 0. The van der Waals surface area contributed by atoms with Crippen molar-refractivity contribution < 1.29 is 9.53 Å². The molecule has 1 heterocycles. The third-order valence-corrected chi connectivity index (χ3v) is 4.63. The van der Waals surface area contributed by atoms with Crippen molar-refractivity contribution in [3.05, 3.63) is 0 Å². The molecule has 3 N–H and O–H groups in total. The fourth-order valence-corrected chi connectivity index (χ4v) is 3.18. The van der Waals surface area contributed by atoms with E-state index in [1.807, 2.05) is 0 Å². The van der Waals surface area contributed by atoms with Crippen LogP contribution >= 0.6 is 0 Å². The number of hydrogen-bond donors (Lipinski definition) is 2. The van der Waals surface area contributed by atoms with Gasteiger partial charge in [0.25, 0.3) is 0 Å². The minimum absolute atomic E-state index is 0.217. The van der Waals surface area contributed by atoms with E-state index in [1.165, 1.54) is 25.7 Å². The monoisotopic (exact) mass is 283 g/mol. The molecule has 0 bridgehead atoms. The summed E-state index contributed by atoms with van der Waals surface area (Å²) in [6, 6.07) is 0. The van der Waals surface area contributed by atoms with Crippen molar-refractivity contribution in [2.24, 2.45) is 17.6 Å². The molecule has 5 heteroatoms. The lowest BCUT2D eigenvalue weighted by atomic mass is 9.80. The van der Waals surface area contributed by atoms with E-state index in [4.69, 9.17) is 10.5 Å². The predicted octanol–water partition coefficient (Wildman–Crippen LogP) is 0.590. The zero-order valence-electron chi connectivity index (χ0n) is 12.5. The van der Waals surface area contributed by atoms with Crippen molar-refractivity contribution in [2.45, 2.75) is 32.1 Å². The van der Waals surface area contributed by atoms with Crippen LogP contribution in [0.4, 0.5) is 0 Å². The lowest BCUT2D eigenvalue weighted by Gasteiger charge is -2.28. The van der Waals surface area contributed by atoms with Crippen molar-refractivity contribution >= 4 is 5.91 Å². The number of amides is 1. The second kappa shape index (κ2) is 8.60. The maximum atomic E-state index is 11.9. The van der Waals surface area contributed by atoms with Crippen LogP contribution in [-0.2, 0) is 9.53 Å². The Kier molecular flexibility index (Phi) is 6.76. The van der Waals surface area contributed by atoms with Gasteiger partial charge in [-0.1, -0.05) is 0 Å². The van der Waals surface area contributed by atoms with E-state index in [9.17, 15) is 4.79 Å². The average Bonchev–Trinajstić information content (AvgIpc) is 2.49. The summed E-state index contributed by atoms with van der Waals surface area (Å²) in [6.45, 7) is 6.11. The first-order valence-corrected chi connectivity index (χ1v) is 8.05. The summed E-state index contributed by atoms with van der Waals surface area (Å²) in [5, 5.41) is 3.06. The Morgan fingerprint density at radius 3 is 2.45 bits per heavy atom. The van der Waals surface area contributed by atoms with Crippen molar-refractivity contribution in [2.75, 3.05) is 45.9 Å². The van der Waals surface area contributed by atoms with Gasteiger partial charge in [-0.3, -0.25) is 9.69 Å². The Bertz CT molecular complexity index is 285. The number of carbonyl (C=O) groups excluding carboxylic acids is 1. The number of nitrogens with two attached hydrogens (primary N) is 1. The first kappa shape index (κ1) is 15.7. The molecule has 1 aliphatic carbocycles. The second-order valence-corrected chi connectivity index (χ2v) is 6.13. The normalized spacial score (nSPS) is 28.2. The molecule has 1 amide bonds. The highest BCUT2D eigenvalue weighted by atomic mass is 16.5. The first-order valence-electron chi connectivity index (χ1n) is 8.05. The third-order valence-electron chi connectivity index (χ3n) is 4.63. The molecular weight excluding hydrogens is 254 g/mol. The molecule has 1 saturated carbocycles. The van der Waals surface area contributed by atoms with Gasteiger partial charge >= 0.3 is 0 Å². The van der Waals surface area contributed by atoms with Crippen LogP contribution in [-0.4, -0.2) is 56.7 Å². The Hall–Kier alpha value is -0.650. The number of ether oxygens (including phenoxy) is 1. The molecular formula is C15H29N3O2. The highest BCUT2D eigenvalue weighted by Crippen LogP contribution is 2.29. The summed E-state index contributed by atoms with van der Waals surface area (Å²) < 4.78 is 5.31. The lowest BCUT2D eigenvalue weighted by Crippen LogP contribution is -2.41. The van der Waals surface area contributed by atoms with Gasteiger partial charge in [0.2, 0.25) is 5.91 Å². The van der Waals surface area contributed by atoms with Crippen LogP contribution in [0.5, 0.6) is 0 Å². The van der Waals surface area contributed by atoms with Gasteiger partial charge in [-0.05, 0) is 44.1 Å². The van der Waals surface area contributed by atoms with E-state index in [1.54, 1.807) is 0 Å². The Labute approximate surface area is 122 Å². The Morgan fingerprint density at radius 2 is 1.80 bits per heavy atom. The predicted molar refractivity (Wildman–Crippen MR) is 79.4 cm³/mol. The van der Waals surface area contributed by atoms with Crippen LogP contribution in [0.1, 0.15) is 32.1 Å². The van der Waals surface area contributed by atoms with E-state index in [0.717, 1.165) is 45.9 Å². The van der Waals surface area contributed by atoms with E-state index in [2.05, 4.69) is 10.2 Å². The summed E-state index contributed by atoms with van der Waals surface area (Å²) in [6.07, 6.45) is 5.42. The van der Waals surface area contributed by atoms with Gasteiger partial charge in [-0.2, -0.15) is 0 Å². The molecule has 116 valence electrons. The zero-order valence-corrected chi connectivity index (χ0v) is 12.5. The van der Waals surface area contributed by atoms with Crippen LogP contribution in [0.3, 0.4) is 0 Å². The molecule has 0 spiro atoms. The molecule has 20 heavy (non-hydrogen) atoms. The van der Waals surface area contributed by atoms with Crippen LogP contribution in [0.25, 0.3) is 0 Å². The maximum absolute atomic E-state index is 11.9. The highest BCUT2D eigenvalue weighted by molar-refractivity contribution is 5.76. The number of carbonyl (C=O) groups is 1. The third kappa shape index (κ3) is 5.38. The van der Waals surface area contributed by atoms with Gasteiger partial charge in [0.1, 0.15) is 0 Å². The van der Waals surface area contributed by atoms with Gasteiger partial charge < -0.3 is 15.8 Å². The van der Waals surface area contributed by atoms with E-state index >= 15 is 0 Å². The second-order valence-electron chi connectivity index (χ2n) is 6.13. The average molecular weight is 283 g/mol. The molecule has 0 atom stereocenters. The molecule has 1 saturated heterocycles. The van der Waals surface area contributed by atoms with Crippen molar-refractivity contribution in [1.29, 1.82) is 0 Å².